The minimum atomic E-state index is -0.134. The van der Waals surface area contributed by atoms with Gasteiger partial charge in [-0.1, -0.05) is 47.7 Å². The van der Waals surface area contributed by atoms with Crippen molar-refractivity contribution in [3.8, 4) is 22.0 Å². The summed E-state index contributed by atoms with van der Waals surface area (Å²) in [5.41, 5.74) is 3.13. The molecule has 0 radical (unpaired) electrons. The fraction of sp³-hybridized carbons (Fsp3) is 0.0625. The van der Waals surface area contributed by atoms with Crippen LogP contribution in [-0.2, 0) is 6.61 Å². The highest BCUT2D eigenvalue weighted by atomic mass is 32.1. The smallest absolute Gasteiger partial charge is 0.213 e. The normalized spacial score (nSPS) is 11.1. The highest BCUT2D eigenvalue weighted by Gasteiger charge is 2.18. The van der Waals surface area contributed by atoms with Gasteiger partial charge in [0, 0.05) is 11.8 Å². The maximum Gasteiger partial charge on any atom is 0.213 e. The number of imidazole rings is 1. The van der Waals surface area contributed by atoms with Crippen LogP contribution in [0.2, 0.25) is 0 Å². The summed E-state index contributed by atoms with van der Waals surface area (Å²) in [5, 5.41) is 15.2. The third-order valence-corrected chi connectivity index (χ3v) is 4.33. The van der Waals surface area contributed by atoms with Crippen molar-refractivity contribution in [3.63, 3.8) is 0 Å². The van der Waals surface area contributed by atoms with E-state index in [0.717, 1.165) is 21.2 Å². The predicted molar refractivity (Wildman–Crippen MR) is 85.5 cm³/mol. The molecule has 0 aliphatic heterocycles. The van der Waals surface area contributed by atoms with Crippen molar-refractivity contribution in [2.45, 2.75) is 6.61 Å². The lowest BCUT2D eigenvalue weighted by Gasteiger charge is -1.99. The van der Waals surface area contributed by atoms with E-state index in [4.69, 9.17) is 0 Å². The molecule has 108 valence electrons. The number of hydrogen-bond donors (Lipinski definition) is 1. The Morgan fingerprint density at radius 2 is 1.86 bits per heavy atom. The summed E-state index contributed by atoms with van der Waals surface area (Å²) in [5.74, 6) is 0. The molecular formula is C16H12N4OS. The van der Waals surface area contributed by atoms with E-state index in [1.807, 2.05) is 48.5 Å². The topological polar surface area (TPSA) is 63.3 Å². The van der Waals surface area contributed by atoms with Crippen molar-refractivity contribution in [2.75, 3.05) is 0 Å². The molecule has 0 bridgehead atoms. The zero-order chi connectivity index (χ0) is 14.9. The van der Waals surface area contributed by atoms with E-state index in [1.54, 1.807) is 10.7 Å². The number of rotatable bonds is 3. The Kier molecular flexibility index (Phi) is 3.17. The summed E-state index contributed by atoms with van der Waals surface area (Å²) in [6.07, 6.45) is 1.72. The van der Waals surface area contributed by atoms with Gasteiger partial charge < -0.3 is 5.11 Å². The number of aliphatic hydroxyl groups excluding tert-OH is 1. The van der Waals surface area contributed by atoms with Crippen molar-refractivity contribution in [1.82, 2.24) is 19.6 Å². The lowest BCUT2D eigenvalue weighted by Crippen LogP contribution is -1.96. The molecule has 6 heteroatoms. The van der Waals surface area contributed by atoms with Crippen LogP contribution in [0.1, 0.15) is 5.69 Å². The van der Waals surface area contributed by atoms with Crippen LogP contribution in [0, 0.1) is 0 Å². The zero-order valence-corrected chi connectivity index (χ0v) is 12.4. The molecule has 0 unspecified atom stereocenters. The van der Waals surface area contributed by atoms with Crippen LogP contribution in [0.4, 0.5) is 0 Å². The van der Waals surface area contributed by atoms with Gasteiger partial charge in [-0.15, -0.1) is 0 Å². The fourth-order valence-electron chi connectivity index (χ4n) is 2.34. The first-order chi connectivity index (χ1) is 10.9. The minimum Gasteiger partial charge on any atom is -0.390 e. The van der Waals surface area contributed by atoms with Gasteiger partial charge in [-0.25, -0.2) is 9.50 Å². The van der Waals surface area contributed by atoms with Crippen LogP contribution in [0.5, 0.6) is 0 Å². The second-order valence-corrected chi connectivity index (χ2v) is 5.70. The quantitative estimate of drug-likeness (QED) is 0.632. The Morgan fingerprint density at radius 3 is 2.59 bits per heavy atom. The number of aromatic nitrogens is 4. The fourth-order valence-corrected chi connectivity index (χ4v) is 3.26. The van der Waals surface area contributed by atoms with E-state index < -0.39 is 0 Å². The van der Waals surface area contributed by atoms with E-state index in [-0.39, 0.29) is 6.61 Å². The number of hydrogen-bond acceptors (Lipinski definition) is 5. The van der Waals surface area contributed by atoms with E-state index in [1.165, 1.54) is 11.3 Å². The molecule has 0 saturated heterocycles. The van der Waals surface area contributed by atoms with Gasteiger partial charge in [0.25, 0.3) is 0 Å². The molecule has 4 rings (SSSR count). The van der Waals surface area contributed by atoms with Crippen LogP contribution in [-0.4, -0.2) is 24.7 Å². The van der Waals surface area contributed by atoms with Crippen LogP contribution >= 0.6 is 11.3 Å². The Hall–Kier alpha value is -2.57. The van der Waals surface area contributed by atoms with Crippen molar-refractivity contribution in [2.24, 2.45) is 0 Å². The van der Waals surface area contributed by atoms with Gasteiger partial charge in [-0.05, 0) is 12.1 Å². The summed E-state index contributed by atoms with van der Waals surface area (Å²) in [4.78, 5) is 9.65. The first kappa shape index (κ1) is 13.1. The number of pyridine rings is 1. The van der Waals surface area contributed by atoms with E-state index in [9.17, 15) is 5.11 Å². The van der Waals surface area contributed by atoms with E-state index >= 15 is 0 Å². The summed E-state index contributed by atoms with van der Waals surface area (Å²) in [7, 11) is 0. The molecule has 0 fully saturated rings. The monoisotopic (exact) mass is 308 g/mol. The highest BCUT2D eigenvalue weighted by Crippen LogP contribution is 2.30. The van der Waals surface area contributed by atoms with Gasteiger partial charge in [-0.3, -0.25) is 4.98 Å². The lowest BCUT2D eigenvalue weighted by molar-refractivity contribution is 0.275. The summed E-state index contributed by atoms with van der Waals surface area (Å²) in [6, 6.07) is 15.6. The van der Waals surface area contributed by atoms with Gasteiger partial charge >= 0.3 is 0 Å². The largest absolute Gasteiger partial charge is 0.390 e. The third-order valence-electron chi connectivity index (χ3n) is 3.37. The number of aliphatic hydroxyl groups is 1. The number of nitrogens with zero attached hydrogens (tertiary/aromatic N) is 4. The molecule has 5 nitrogen and oxygen atoms in total. The first-order valence-electron chi connectivity index (χ1n) is 6.83. The van der Waals surface area contributed by atoms with Crippen molar-refractivity contribution >= 4 is 16.3 Å². The number of fused-ring (bicyclic) bond motifs is 1. The molecule has 0 spiro atoms. The van der Waals surface area contributed by atoms with Crippen molar-refractivity contribution < 1.29 is 5.11 Å². The van der Waals surface area contributed by atoms with Gasteiger partial charge in [0.1, 0.15) is 10.7 Å². The molecule has 1 aromatic carbocycles. The van der Waals surface area contributed by atoms with E-state index in [0.29, 0.717) is 11.4 Å². The Balaban J connectivity index is 1.88. The molecule has 3 aromatic heterocycles. The molecule has 0 aliphatic rings. The van der Waals surface area contributed by atoms with Crippen molar-refractivity contribution in [3.05, 3.63) is 60.4 Å². The van der Waals surface area contributed by atoms with Crippen LogP contribution in [0.25, 0.3) is 26.9 Å². The van der Waals surface area contributed by atoms with Gasteiger partial charge in [0.05, 0.1) is 18.0 Å². The maximum atomic E-state index is 9.72. The lowest BCUT2D eigenvalue weighted by atomic mass is 10.2. The van der Waals surface area contributed by atoms with Crippen molar-refractivity contribution in [1.29, 1.82) is 0 Å². The molecule has 0 amide bonds. The van der Waals surface area contributed by atoms with Crippen LogP contribution in [0.15, 0.2) is 54.7 Å². The highest BCUT2D eigenvalue weighted by molar-refractivity contribution is 7.19. The Labute approximate surface area is 130 Å². The second kappa shape index (κ2) is 5.32. The van der Waals surface area contributed by atoms with Gasteiger partial charge in [0.2, 0.25) is 4.96 Å². The first-order valence-corrected chi connectivity index (χ1v) is 7.64. The third kappa shape index (κ3) is 2.09. The molecule has 0 saturated carbocycles. The summed E-state index contributed by atoms with van der Waals surface area (Å²) >= 11 is 1.50. The molecular weight excluding hydrogens is 296 g/mol. The molecule has 1 N–H and O–H groups in total. The molecule has 0 atom stereocenters. The van der Waals surface area contributed by atoms with Gasteiger partial charge in [-0.2, -0.15) is 5.10 Å². The van der Waals surface area contributed by atoms with E-state index in [2.05, 4.69) is 15.1 Å². The molecule has 3 heterocycles. The average molecular weight is 308 g/mol. The Morgan fingerprint density at radius 1 is 1.05 bits per heavy atom. The number of benzene rings is 1. The van der Waals surface area contributed by atoms with Crippen LogP contribution in [0.3, 0.4) is 0 Å². The second-order valence-electron chi connectivity index (χ2n) is 4.75. The SMILES string of the molecule is OCc1c(-c2ccccn2)nc2sc(-c3ccccc3)nn12. The van der Waals surface area contributed by atoms with Crippen LogP contribution < -0.4 is 0 Å². The summed E-state index contributed by atoms with van der Waals surface area (Å²) in [6.45, 7) is -0.134. The maximum absolute atomic E-state index is 9.72. The molecule has 22 heavy (non-hydrogen) atoms. The standard InChI is InChI=1S/C16H12N4OS/c21-10-13-14(12-8-4-5-9-17-12)18-16-20(13)19-15(22-16)11-6-2-1-3-7-11/h1-9,21H,10H2. The molecule has 0 aliphatic carbocycles. The minimum absolute atomic E-state index is 0.134. The zero-order valence-electron chi connectivity index (χ0n) is 11.5. The van der Waals surface area contributed by atoms with Gasteiger partial charge in [0.15, 0.2) is 0 Å². The Bertz CT molecular complexity index is 915. The predicted octanol–water partition coefficient (Wildman–Crippen LogP) is 3.01. The summed E-state index contributed by atoms with van der Waals surface area (Å²) < 4.78 is 1.71. The average Bonchev–Trinajstić information content (AvgIpc) is 3.14. The molecule has 4 aromatic rings.